The number of aromatic nitrogens is 1. The number of nitrogens with zero attached hydrogens (tertiary/aromatic N) is 2. The fourth-order valence-electron chi connectivity index (χ4n) is 3.66. The lowest BCUT2D eigenvalue weighted by Crippen LogP contribution is -2.53. The van der Waals surface area contributed by atoms with Gasteiger partial charge in [-0.05, 0) is 38.1 Å². The van der Waals surface area contributed by atoms with Gasteiger partial charge >= 0.3 is 11.8 Å². The lowest BCUT2D eigenvalue weighted by atomic mass is 9.96. The maximum absolute atomic E-state index is 12.9. The molecule has 35 heavy (non-hydrogen) atoms. The molecule has 10 nitrogen and oxygen atoms in total. The van der Waals surface area contributed by atoms with Crippen LogP contribution in [0.2, 0.25) is 0 Å². The van der Waals surface area contributed by atoms with Crippen LogP contribution in [0.3, 0.4) is 0 Å². The van der Waals surface area contributed by atoms with Crippen molar-refractivity contribution < 1.29 is 33.0 Å². The lowest BCUT2D eigenvalue weighted by molar-refractivity contribution is -0.136. The molecule has 2 aromatic carbocycles. The van der Waals surface area contributed by atoms with Gasteiger partial charge in [0.2, 0.25) is 0 Å². The van der Waals surface area contributed by atoms with Crippen molar-refractivity contribution >= 4 is 17.5 Å². The summed E-state index contributed by atoms with van der Waals surface area (Å²) in [4.78, 5) is 30.1. The number of anilines is 1. The number of primary amides is 1. The molecule has 0 spiro atoms. The van der Waals surface area contributed by atoms with Crippen molar-refractivity contribution in [2.24, 2.45) is 5.73 Å². The largest absolute Gasteiger partial charge is 0.496 e. The summed E-state index contributed by atoms with van der Waals surface area (Å²) in [5.41, 5.74) is 5.62. The van der Waals surface area contributed by atoms with Crippen molar-refractivity contribution in [3.05, 3.63) is 49.0 Å². The van der Waals surface area contributed by atoms with Gasteiger partial charge in [-0.3, -0.25) is 14.5 Å². The Kier molecular flexibility index (Phi) is 7.85. The predicted molar refractivity (Wildman–Crippen MR) is 129 cm³/mol. The average Bonchev–Trinajstić information content (AvgIpc) is 3.38. The van der Waals surface area contributed by atoms with Gasteiger partial charge in [-0.2, -0.15) is 0 Å². The van der Waals surface area contributed by atoms with Gasteiger partial charge in [-0.1, -0.05) is 0 Å². The van der Waals surface area contributed by atoms with Gasteiger partial charge < -0.3 is 29.1 Å². The summed E-state index contributed by atoms with van der Waals surface area (Å²) in [6.45, 7) is 3.89. The molecule has 0 aliphatic carbocycles. The highest BCUT2D eigenvalue weighted by Gasteiger charge is 2.35. The monoisotopic (exact) mass is 483 g/mol. The molecule has 0 atom stereocenters. The summed E-state index contributed by atoms with van der Waals surface area (Å²) >= 11 is 0. The first kappa shape index (κ1) is 25.4. The number of rotatable bonds is 10. The van der Waals surface area contributed by atoms with E-state index in [-0.39, 0.29) is 6.61 Å². The van der Waals surface area contributed by atoms with E-state index in [1.54, 1.807) is 56.8 Å². The van der Waals surface area contributed by atoms with E-state index in [9.17, 15) is 9.59 Å². The smallest absolute Gasteiger partial charge is 0.316 e. The number of hydrogen-bond acceptors (Lipinski definition) is 8. The SMILES string of the molecule is COc1ccc(OCCC(C)(C)N(C(=O)C(N)=O)c2ccc(-c3cnco3)c(OC)c2)cc1OC. The van der Waals surface area contributed by atoms with Gasteiger partial charge in [-0.15, -0.1) is 0 Å². The molecule has 3 rings (SSSR count). The molecule has 2 amide bonds. The molecule has 0 aliphatic heterocycles. The first-order valence-electron chi connectivity index (χ1n) is 10.8. The van der Waals surface area contributed by atoms with Crippen molar-refractivity contribution in [1.82, 2.24) is 4.98 Å². The van der Waals surface area contributed by atoms with Gasteiger partial charge in [0.15, 0.2) is 23.7 Å². The first-order chi connectivity index (χ1) is 16.7. The summed E-state index contributed by atoms with van der Waals surface area (Å²) in [5, 5.41) is 0. The lowest BCUT2D eigenvalue weighted by Gasteiger charge is -2.38. The van der Waals surface area contributed by atoms with Crippen molar-refractivity contribution in [1.29, 1.82) is 0 Å². The van der Waals surface area contributed by atoms with Crippen molar-refractivity contribution in [2.75, 3.05) is 32.8 Å². The van der Waals surface area contributed by atoms with E-state index in [1.807, 2.05) is 13.8 Å². The first-order valence-corrected chi connectivity index (χ1v) is 10.8. The molecule has 1 aromatic heterocycles. The van der Waals surface area contributed by atoms with E-state index in [0.717, 1.165) is 0 Å². The summed E-state index contributed by atoms with van der Waals surface area (Å²) < 4.78 is 27.3. The van der Waals surface area contributed by atoms with E-state index in [1.165, 1.54) is 18.4 Å². The fourth-order valence-corrected chi connectivity index (χ4v) is 3.66. The normalized spacial score (nSPS) is 11.0. The van der Waals surface area contributed by atoms with Crippen molar-refractivity contribution in [3.63, 3.8) is 0 Å². The Labute approximate surface area is 203 Å². The Morgan fingerprint density at radius 3 is 2.31 bits per heavy atom. The van der Waals surface area contributed by atoms with Crippen LogP contribution in [-0.2, 0) is 9.59 Å². The topological polar surface area (TPSA) is 126 Å². The molecule has 0 saturated heterocycles. The zero-order valence-corrected chi connectivity index (χ0v) is 20.4. The number of carbonyl (C=O) groups is 2. The Hall–Kier alpha value is -4.21. The van der Waals surface area contributed by atoms with Crippen LogP contribution >= 0.6 is 0 Å². The van der Waals surface area contributed by atoms with Gasteiger partial charge in [0.1, 0.15) is 11.5 Å². The van der Waals surface area contributed by atoms with E-state index in [0.29, 0.717) is 46.4 Å². The number of oxazole rings is 1. The third-order valence-electron chi connectivity index (χ3n) is 5.50. The molecule has 0 bridgehead atoms. The summed E-state index contributed by atoms with van der Waals surface area (Å²) in [7, 11) is 4.60. The quantitative estimate of drug-likeness (QED) is 0.435. The molecule has 2 N–H and O–H groups in total. The van der Waals surface area contributed by atoms with Crippen LogP contribution in [0.5, 0.6) is 23.0 Å². The number of ether oxygens (including phenoxy) is 4. The molecular weight excluding hydrogens is 454 g/mol. The second kappa shape index (κ2) is 10.8. The molecule has 3 aromatic rings. The Balaban J connectivity index is 1.85. The predicted octanol–water partition coefficient (Wildman–Crippen LogP) is 3.43. The maximum atomic E-state index is 12.9. The number of nitrogens with two attached hydrogens (primary N) is 1. The maximum Gasteiger partial charge on any atom is 0.316 e. The molecule has 0 aliphatic rings. The molecule has 1 heterocycles. The average molecular weight is 484 g/mol. The van der Waals surface area contributed by atoms with Crippen LogP contribution in [-0.4, -0.2) is 50.3 Å². The minimum atomic E-state index is -1.07. The second-order valence-corrected chi connectivity index (χ2v) is 8.18. The van der Waals surface area contributed by atoms with E-state index < -0.39 is 17.4 Å². The molecule has 0 saturated carbocycles. The Bertz CT molecular complexity index is 1180. The standard InChI is InChI=1S/C25H29N3O7/c1-25(2,10-11-34-17-7-9-19(31-3)21(13-17)33-5)28(24(30)23(26)29)16-6-8-18(20(12-16)32-4)22-14-27-15-35-22/h6-9,12-15H,10-11H2,1-5H3,(H2,26,29). The minimum Gasteiger partial charge on any atom is -0.496 e. The molecule has 0 radical (unpaired) electrons. The van der Waals surface area contributed by atoms with Crippen LogP contribution in [0.4, 0.5) is 5.69 Å². The van der Waals surface area contributed by atoms with Crippen molar-refractivity contribution in [3.8, 4) is 34.3 Å². The van der Waals surface area contributed by atoms with Crippen LogP contribution in [0, 0.1) is 0 Å². The fraction of sp³-hybridized carbons (Fsp3) is 0.320. The summed E-state index contributed by atoms with van der Waals surface area (Å²) in [5.74, 6) is 0.717. The van der Waals surface area contributed by atoms with Crippen molar-refractivity contribution in [2.45, 2.75) is 25.8 Å². The number of carbonyl (C=O) groups excluding carboxylic acids is 2. The number of amides is 2. The second-order valence-electron chi connectivity index (χ2n) is 8.18. The van der Waals surface area contributed by atoms with Gasteiger partial charge in [0, 0.05) is 29.8 Å². The molecule has 0 unspecified atom stereocenters. The van der Waals surface area contributed by atoms with Crippen LogP contribution in [0.1, 0.15) is 20.3 Å². The van der Waals surface area contributed by atoms with Crippen LogP contribution in [0.15, 0.2) is 53.4 Å². The number of hydrogen-bond donors (Lipinski definition) is 1. The highest BCUT2D eigenvalue weighted by molar-refractivity contribution is 6.40. The minimum absolute atomic E-state index is 0.248. The number of benzene rings is 2. The van der Waals surface area contributed by atoms with E-state index in [2.05, 4.69) is 4.98 Å². The molecular formula is C25H29N3O7. The molecule has 10 heteroatoms. The summed E-state index contributed by atoms with van der Waals surface area (Å²) in [6, 6.07) is 10.3. The van der Waals surface area contributed by atoms with Gasteiger partial charge in [0.05, 0.1) is 39.7 Å². The van der Waals surface area contributed by atoms with E-state index >= 15 is 0 Å². The molecule has 186 valence electrons. The van der Waals surface area contributed by atoms with E-state index in [4.69, 9.17) is 29.1 Å². The third-order valence-corrected chi connectivity index (χ3v) is 5.50. The Morgan fingerprint density at radius 2 is 1.71 bits per heavy atom. The third kappa shape index (κ3) is 5.65. The highest BCUT2D eigenvalue weighted by atomic mass is 16.5. The highest BCUT2D eigenvalue weighted by Crippen LogP contribution is 2.37. The van der Waals surface area contributed by atoms with Gasteiger partial charge in [0.25, 0.3) is 0 Å². The number of methoxy groups -OCH3 is 3. The summed E-state index contributed by atoms with van der Waals surface area (Å²) in [6.07, 6.45) is 3.25. The van der Waals surface area contributed by atoms with Gasteiger partial charge in [-0.25, -0.2) is 4.98 Å². The Morgan fingerprint density at radius 1 is 1.00 bits per heavy atom. The zero-order valence-electron chi connectivity index (χ0n) is 20.4. The van der Waals surface area contributed by atoms with Crippen LogP contribution in [0.25, 0.3) is 11.3 Å². The molecule has 0 fully saturated rings. The zero-order chi connectivity index (χ0) is 25.6. The van der Waals surface area contributed by atoms with Crippen LogP contribution < -0.4 is 29.6 Å².